The minimum absolute atomic E-state index is 0.104. The molecule has 7 nitrogen and oxygen atoms in total. The summed E-state index contributed by atoms with van der Waals surface area (Å²) in [5, 5.41) is 10.4. The third kappa shape index (κ3) is 2.80. The van der Waals surface area contributed by atoms with Crippen molar-refractivity contribution in [2.75, 3.05) is 6.54 Å². The lowest BCUT2D eigenvalue weighted by Crippen LogP contribution is -2.45. The van der Waals surface area contributed by atoms with Crippen molar-refractivity contribution in [2.24, 2.45) is 5.92 Å². The molecule has 146 valence electrons. The van der Waals surface area contributed by atoms with Gasteiger partial charge in [-0.3, -0.25) is 14.6 Å². The van der Waals surface area contributed by atoms with E-state index in [-0.39, 0.29) is 23.6 Å². The van der Waals surface area contributed by atoms with Crippen LogP contribution in [0.15, 0.2) is 29.2 Å². The van der Waals surface area contributed by atoms with E-state index >= 15 is 0 Å². The highest BCUT2D eigenvalue weighted by atomic mass is 16.3. The Labute approximate surface area is 163 Å². The van der Waals surface area contributed by atoms with E-state index in [0.717, 1.165) is 44.2 Å². The number of nitrogens with zero attached hydrogens (tertiary/aromatic N) is 4. The first kappa shape index (κ1) is 17.4. The second-order valence-electron chi connectivity index (χ2n) is 8.13. The van der Waals surface area contributed by atoms with E-state index in [1.165, 1.54) is 0 Å². The van der Waals surface area contributed by atoms with E-state index in [1.54, 1.807) is 15.7 Å². The molecule has 7 heteroatoms. The van der Waals surface area contributed by atoms with Crippen molar-refractivity contribution < 1.29 is 9.90 Å². The van der Waals surface area contributed by atoms with Gasteiger partial charge in [0.1, 0.15) is 5.82 Å². The number of hydrogen-bond acceptors (Lipinski definition) is 5. The summed E-state index contributed by atoms with van der Waals surface area (Å²) in [5.41, 5.74) is 0.261. The largest absolute Gasteiger partial charge is 0.501 e. The van der Waals surface area contributed by atoms with Crippen molar-refractivity contribution in [3.63, 3.8) is 0 Å². The fourth-order valence-corrected chi connectivity index (χ4v) is 4.86. The molecule has 0 bridgehead atoms. The molecule has 1 atom stereocenters. The van der Waals surface area contributed by atoms with Crippen molar-refractivity contribution in [1.29, 1.82) is 0 Å². The normalized spacial score (nSPS) is 21.0. The molecule has 2 saturated carbocycles. The van der Waals surface area contributed by atoms with Gasteiger partial charge in [0.15, 0.2) is 5.69 Å². The maximum absolute atomic E-state index is 13.1. The molecule has 5 rings (SSSR count). The average molecular weight is 380 g/mol. The van der Waals surface area contributed by atoms with Crippen LogP contribution >= 0.6 is 0 Å². The molecule has 2 fully saturated rings. The molecule has 0 saturated heterocycles. The molecule has 1 N–H and O–H groups in total. The van der Waals surface area contributed by atoms with Crippen molar-refractivity contribution >= 4 is 5.91 Å². The van der Waals surface area contributed by atoms with Crippen molar-refractivity contribution in [3.05, 3.63) is 52.0 Å². The molecule has 1 amide bonds. The quantitative estimate of drug-likeness (QED) is 0.879. The van der Waals surface area contributed by atoms with Gasteiger partial charge in [0.05, 0.1) is 11.6 Å². The fourth-order valence-electron chi connectivity index (χ4n) is 4.86. The minimum atomic E-state index is -0.717. The van der Waals surface area contributed by atoms with Gasteiger partial charge in [-0.2, -0.15) is 4.98 Å². The molecule has 2 aromatic heterocycles. The Kier molecular flexibility index (Phi) is 4.18. The lowest BCUT2D eigenvalue weighted by Gasteiger charge is -2.34. The molecular formula is C21H24N4O3. The first-order valence-electron chi connectivity index (χ1n) is 10.2. The Morgan fingerprint density at radius 1 is 1.07 bits per heavy atom. The van der Waals surface area contributed by atoms with E-state index < -0.39 is 11.3 Å². The van der Waals surface area contributed by atoms with Gasteiger partial charge < -0.3 is 14.6 Å². The second-order valence-corrected chi connectivity index (χ2v) is 8.13. The van der Waals surface area contributed by atoms with Crippen LogP contribution in [0.2, 0.25) is 0 Å². The summed E-state index contributed by atoms with van der Waals surface area (Å²) in [4.78, 5) is 36.2. The van der Waals surface area contributed by atoms with Gasteiger partial charge in [-0.25, -0.2) is 0 Å². The Bertz CT molecular complexity index is 962. The number of aromatic hydroxyl groups is 1. The van der Waals surface area contributed by atoms with Crippen molar-refractivity contribution in [2.45, 2.75) is 57.0 Å². The standard InChI is InChI=1S/C21H24N4O3/c26-18-17-21(28)24(14-8-9-14)11-12-25(17)19(23-20(18)27)16(13-5-1-2-6-13)15-7-3-4-10-22-15/h3-4,7,10,13-14,16,26H,1-2,5-6,8-9,11-12H2. The number of fused-ring (bicyclic) bond motifs is 1. The number of carbonyl (C=O) groups excluding carboxylic acids is 1. The molecule has 0 radical (unpaired) electrons. The topological polar surface area (TPSA) is 88.3 Å². The molecule has 2 aromatic rings. The van der Waals surface area contributed by atoms with Gasteiger partial charge in [-0.05, 0) is 43.7 Å². The SMILES string of the molecule is O=C1c2c(O)c(=O)nc(C(c3ccccn3)C3CCCC3)n2CCN1C1CC1. The molecule has 28 heavy (non-hydrogen) atoms. The van der Waals surface area contributed by atoms with E-state index in [2.05, 4.69) is 9.97 Å². The first-order chi connectivity index (χ1) is 13.6. The molecule has 3 heterocycles. The summed E-state index contributed by atoms with van der Waals surface area (Å²) in [5.74, 6) is -0.00814. The number of amides is 1. The summed E-state index contributed by atoms with van der Waals surface area (Å²) in [7, 11) is 0. The van der Waals surface area contributed by atoms with E-state index in [1.807, 2.05) is 18.2 Å². The van der Waals surface area contributed by atoms with Crippen molar-refractivity contribution in [3.8, 4) is 5.75 Å². The van der Waals surface area contributed by atoms with Gasteiger partial charge in [0, 0.05) is 25.3 Å². The van der Waals surface area contributed by atoms with Gasteiger partial charge in [0.25, 0.3) is 5.91 Å². The predicted octanol–water partition coefficient (Wildman–Crippen LogP) is 2.28. The zero-order chi connectivity index (χ0) is 19.3. The third-order valence-corrected chi connectivity index (χ3v) is 6.36. The number of rotatable bonds is 4. The highest BCUT2D eigenvalue weighted by Crippen LogP contribution is 2.41. The van der Waals surface area contributed by atoms with Gasteiger partial charge in [-0.15, -0.1) is 0 Å². The molecule has 0 aromatic carbocycles. The highest BCUT2D eigenvalue weighted by molar-refractivity contribution is 5.96. The van der Waals surface area contributed by atoms with Crippen LogP contribution in [0.3, 0.4) is 0 Å². The van der Waals surface area contributed by atoms with E-state index in [9.17, 15) is 14.7 Å². The molecule has 0 spiro atoms. The van der Waals surface area contributed by atoms with Crippen molar-refractivity contribution in [1.82, 2.24) is 19.4 Å². The smallest absolute Gasteiger partial charge is 0.315 e. The summed E-state index contributed by atoms with van der Waals surface area (Å²) >= 11 is 0. The summed E-state index contributed by atoms with van der Waals surface area (Å²) < 4.78 is 1.79. The molecule has 3 aliphatic rings. The molecule has 1 aliphatic heterocycles. The Hall–Kier alpha value is -2.70. The molecular weight excluding hydrogens is 356 g/mol. The highest BCUT2D eigenvalue weighted by Gasteiger charge is 2.41. The maximum Gasteiger partial charge on any atom is 0.315 e. The number of hydrogen-bond donors (Lipinski definition) is 1. The second kappa shape index (κ2) is 6.72. The summed E-state index contributed by atoms with van der Waals surface area (Å²) in [6.07, 6.45) is 8.15. The van der Waals surface area contributed by atoms with Gasteiger partial charge >= 0.3 is 5.56 Å². The van der Waals surface area contributed by atoms with Crippen LogP contribution in [-0.2, 0) is 6.54 Å². The van der Waals surface area contributed by atoms with E-state index in [0.29, 0.717) is 24.8 Å². The lowest BCUT2D eigenvalue weighted by atomic mass is 9.86. The van der Waals surface area contributed by atoms with Crippen LogP contribution in [0.1, 0.15) is 66.4 Å². The molecule has 2 aliphatic carbocycles. The van der Waals surface area contributed by atoms with Crippen LogP contribution in [0.4, 0.5) is 0 Å². The van der Waals surface area contributed by atoms with Crippen LogP contribution in [0, 0.1) is 5.92 Å². The number of carbonyl (C=O) groups is 1. The van der Waals surface area contributed by atoms with Crippen LogP contribution < -0.4 is 5.56 Å². The van der Waals surface area contributed by atoms with Gasteiger partial charge in [0.2, 0.25) is 5.75 Å². The lowest BCUT2D eigenvalue weighted by molar-refractivity contribution is 0.0678. The fraction of sp³-hybridized carbons (Fsp3) is 0.524. The van der Waals surface area contributed by atoms with Crippen LogP contribution in [0.25, 0.3) is 0 Å². The number of pyridine rings is 1. The Morgan fingerprint density at radius 2 is 1.86 bits per heavy atom. The first-order valence-corrected chi connectivity index (χ1v) is 10.2. The Morgan fingerprint density at radius 3 is 2.54 bits per heavy atom. The Balaban J connectivity index is 1.67. The number of aromatic nitrogens is 3. The maximum atomic E-state index is 13.1. The van der Waals surface area contributed by atoms with E-state index in [4.69, 9.17) is 0 Å². The monoisotopic (exact) mass is 380 g/mol. The summed E-state index contributed by atoms with van der Waals surface area (Å²) in [6, 6.07) is 6.03. The summed E-state index contributed by atoms with van der Waals surface area (Å²) in [6.45, 7) is 1.14. The zero-order valence-corrected chi connectivity index (χ0v) is 15.8. The van der Waals surface area contributed by atoms with Crippen LogP contribution in [0.5, 0.6) is 5.75 Å². The average Bonchev–Trinajstić information content (AvgIpc) is 3.41. The predicted molar refractivity (Wildman–Crippen MR) is 102 cm³/mol. The molecule has 1 unspecified atom stereocenters. The van der Waals surface area contributed by atoms with Gasteiger partial charge in [-0.1, -0.05) is 18.9 Å². The third-order valence-electron chi connectivity index (χ3n) is 6.36. The zero-order valence-electron chi connectivity index (χ0n) is 15.8. The van der Waals surface area contributed by atoms with Crippen LogP contribution in [-0.4, -0.2) is 43.0 Å². The minimum Gasteiger partial charge on any atom is -0.501 e.